The van der Waals surface area contributed by atoms with E-state index in [2.05, 4.69) is 17.0 Å². The van der Waals surface area contributed by atoms with Crippen LogP contribution in [0, 0.1) is 0 Å². The number of morpholine rings is 1. The number of hydrogen-bond acceptors (Lipinski definition) is 4. The molecule has 3 aromatic rings. The van der Waals surface area contributed by atoms with Crippen LogP contribution in [0.25, 0.3) is 10.9 Å². The normalized spacial score (nSPS) is 14.6. The third-order valence-electron chi connectivity index (χ3n) is 4.38. The maximum absolute atomic E-state index is 6.08. The van der Waals surface area contributed by atoms with Crippen molar-refractivity contribution in [2.24, 2.45) is 0 Å². The van der Waals surface area contributed by atoms with Crippen LogP contribution in [0.5, 0.6) is 5.75 Å². The van der Waals surface area contributed by atoms with Gasteiger partial charge in [0.05, 0.1) is 23.3 Å². The van der Waals surface area contributed by atoms with Crippen LogP contribution in [0.1, 0.15) is 5.56 Å². The second kappa shape index (κ2) is 7.70. The number of hydrogen-bond donors (Lipinski definition) is 0. The van der Waals surface area contributed by atoms with Crippen LogP contribution in [-0.4, -0.2) is 31.3 Å². The largest absolute Gasteiger partial charge is 0.487 e. The van der Waals surface area contributed by atoms with Crippen LogP contribution in [0.4, 0.5) is 5.82 Å². The molecular formula is C20H18Cl2N2O2. The number of halogens is 2. The van der Waals surface area contributed by atoms with Crippen molar-refractivity contribution in [2.75, 3.05) is 31.2 Å². The molecule has 6 heteroatoms. The zero-order chi connectivity index (χ0) is 17.9. The Morgan fingerprint density at radius 1 is 1.00 bits per heavy atom. The number of nitrogens with zero attached hydrogens (tertiary/aromatic N) is 2. The number of rotatable bonds is 4. The molecule has 1 aliphatic rings. The molecule has 1 saturated heterocycles. The highest BCUT2D eigenvalue weighted by Gasteiger charge is 2.14. The van der Waals surface area contributed by atoms with Gasteiger partial charge in [-0.1, -0.05) is 41.4 Å². The third-order valence-corrected chi connectivity index (χ3v) is 5.12. The summed E-state index contributed by atoms with van der Waals surface area (Å²) < 4.78 is 11.5. The van der Waals surface area contributed by atoms with Gasteiger partial charge in [0.25, 0.3) is 0 Å². The van der Waals surface area contributed by atoms with Crippen molar-refractivity contribution in [3.8, 4) is 5.75 Å². The third kappa shape index (κ3) is 3.73. The van der Waals surface area contributed by atoms with E-state index in [1.165, 1.54) is 0 Å². The van der Waals surface area contributed by atoms with E-state index in [4.69, 9.17) is 37.7 Å². The first-order chi connectivity index (χ1) is 12.7. The van der Waals surface area contributed by atoms with Crippen LogP contribution in [-0.2, 0) is 11.3 Å². The molecule has 1 aromatic heterocycles. The summed E-state index contributed by atoms with van der Waals surface area (Å²) in [7, 11) is 0. The van der Waals surface area contributed by atoms with Crippen molar-refractivity contribution < 1.29 is 9.47 Å². The fourth-order valence-electron chi connectivity index (χ4n) is 2.99. The number of benzene rings is 2. The first kappa shape index (κ1) is 17.4. The van der Waals surface area contributed by atoms with Gasteiger partial charge in [0, 0.05) is 18.5 Å². The molecule has 1 aliphatic heterocycles. The molecule has 0 radical (unpaired) electrons. The maximum atomic E-state index is 6.08. The van der Waals surface area contributed by atoms with E-state index < -0.39 is 0 Å². The number of ether oxygens (including phenoxy) is 2. The van der Waals surface area contributed by atoms with E-state index in [-0.39, 0.29) is 0 Å². The van der Waals surface area contributed by atoms with Crippen molar-refractivity contribution in [3.63, 3.8) is 0 Å². The molecule has 0 spiro atoms. The highest BCUT2D eigenvalue weighted by molar-refractivity contribution is 6.42. The summed E-state index contributed by atoms with van der Waals surface area (Å²) >= 11 is 12.1. The minimum absolute atomic E-state index is 0.402. The molecule has 0 unspecified atom stereocenters. The topological polar surface area (TPSA) is 34.6 Å². The molecule has 0 saturated carbocycles. The van der Waals surface area contributed by atoms with Crippen molar-refractivity contribution in [1.29, 1.82) is 0 Å². The Kier molecular flexibility index (Phi) is 5.16. The predicted molar refractivity (Wildman–Crippen MR) is 106 cm³/mol. The highest BCUT2D eigenvalue weighted by atomic mass is 35.5. The Balaban J connectivity index is 1.60. The van der Waals surface area contributed by atoms with Crippen LogP contribution >= 0.6 is 23.2 Å². The molecule has 2 aromatic carbocycles. The van der Waals surface area contributed by atoms with E-state index in [1.54, 1.807) is 6.07 Å². The molecule has 0 amide bonds. The molecule has 4 nitrogen and oxygen atoms in total. The van der Waals surface area contributed by atoms with Crippen LogP contribution < -0.4 is 9.64 Å². The molecule has 4 rings (SSSR count). The van der Waals surface area contributed by atoms with E-state index in [0.29, 0.717) is 16.7 Å². The van der Waals surface area contributed by atoms with Gasteiger partial charge in [-0.2, -0.15) is 0 Å². The van der Waals surface area contributed by atoms with E-state index in [0.717, 1.165) is 54.3 Å². The standard InChI is InChI=1S/C20H18Cl2N2O2/c21-16-6-4-14(12-17(16)22)13-26-18-3-1-2-15-5-7-19(23-20(15)18)24-8-10-25-11-9-24/h1-7,12H,8-11,13H2. The molecule has 1 fully saturated rings. The smallest absolute Gasteiger partial charge is 0.146 e. The summed E-state index contributed by atoms with van der Waals surface area (Å²) in [5, 5.41) is 2.12. The van der Waals surface area contributed by atoms with Gasteiger partial charge in [-0.3, -0.25) is 0 Å². The molecule has 134 valence electrons. The minimum Gasteiger partial charge on any atom is -0.487 e. The van der Waals surface area contributed by atoms with Crippen molar-refractivity contribution >= 4 is 39.9 Å². The van der Waals surface area contributed by atoms with Gasteiger partial charge in [-0.15, -0.1) is 0 Å². The predicted octanol–water partition coefficient (Wildman–Crippen LogP) is 4.96. The van der Waals surface area contributed by atoms with E-state index in [9.17, 15) is 0 Å². The fraction of sp³-hybridized carbons (Fsp3) is 0.250. The molecule has 26 heavy (non-hydrogen) atoms. The minimum atomic E-state index is 0.402. The van der Waals surface area contributed by atoms with Crippen LogP contribution in [0.3, 0.4) is 0 Å². The first-order valence-corrected chi connectivity index (χ1v) is 9.25. The molecule has 0 bridgehead atoms. The molecule has 0 atom stereocenters. The van der Waals surface area contributed by atoms with Gasteiger partial charge < -0.3 is 14.4 Å². The second-order valence-electron chi connectivity index (χ2n) is 6.13. The van der Waals surface area contributed by atoms with Crippen molar-refractivity contribution in [3.05, 3.63) is 64.1 Å². The summed E-state index contributed by atoms with van der Waals surface area (Å²) in [6.45, 7) is 3.57. The van der Waals surface area contributed by atoms with Gasteiger partial charge in [-0.25, -0.2) is 4.98 Å². The van der Waals surface area contributed by atoms with Gasteiger partial charge in [-0.05, 0) is 35.9 Å². The SMILES string of the molecule is Clc1ccc(COc2cccc3ccc(N4CCOCC4)nc23)cc1Cl. The molecule has 0 N–H and O–H groups in total. The Labute approximate surface area is 162 Å². The fourth-order valence-corrected chi connectivity index (χ4v) is 3.31. The average Bonchev–Trinajstić information content (AvgIpc) is 2.69. The quantitative estimate of drug-likeness (QED) is 0.632. The average molecular weight is 389 g/mol. The van der Waals surface area contributed by atoms with Crippen LogP contribution in [0.15, 0.2) is 48.5 Å². The number of pyridine rings is 1. The second-order valence-corrected chi connectivity index (χ2v) is 6.95. The van der Waals surface area contributed by atoms with E-state index >= 15 is 0 Å². The lowest BCUT2D eigenvalue weighted by molar-refractivity contribution is 0.122. The Morgan fingerprint density at radius 2 is 1.85 bits per heavy atom. The zero-order valence-electron chi connectivity index (χ0n) is 14.1. The zero-order valence-corrected chi connectivity index (χ0v) is 15.6. The Hall–Kier alpha value is -2.01. The van der Waals surface area contributed by atoms with Crippen LogP contribution in [0.2, 0.25) is 10.0 Å². The van der Waals surface area contributed by atoms with Gasteiger partial charge in [0.2, 0.25) is 0 Å². The van der Waals surface area contributed by atoms with Gasteiger partial charge in [0.15, 0.2) is 0 Å². The summed E-state index contributed by atoms with van der Waals surface area (Å²) in [6.07, 6.45) is 0. The lowest BCUT2D eigenvalue weighted by atomic mass is 10.2. The molecular weight excluding hydrogens is 371 g/mol. The monoisotopic (exact) mass is 388 g/mol. The number of anilines is 1. The summed E-state index contributed by atoms with van der Waals surface area (Å²) in [4.78, 5) is 7.08. The summed E-state index contributed by atoms with van der Waals surface area (Å²) in [5.74, 6) is 1.70. The van der Waals surface area contributed by atoms with Crippen molar-refractivity contribution in [2.45, 2.75) is 6.61 Å². The highest BCUT2D eigenvalue weighted by Crippen LogP contribution is 2.28. The van der Waals surface area contributed by atoms with Crippen molar-refractivity contribution in [1.82, 2.24) is 4.98 Å². The number of para-hydroxylation sites is 1. The Morgan fingerprint density at radius 3 is 2.65 bits per heavy atom. The lowest BCUT2D eigenvalue weighted by Crippen LogP contribution is -2.36. The van der Waals surface area contributed by atoms with Gasteiger partial charge >= 0.3 is 0 Å². The first-order valence-electron chi connectivity index (χ1n) is 8.50. The lowest BCUT2D eigenvalue weighted by Gasteiger charge is -2.28. The number of fused-ring (bicyclic) bond motifs is 1. The number of aromatic nitrogens is 1. The molecule has 0 aliphatic carbocycles. The summed E-state index contributed by atoms with van der Waals surface area (Å²) in [5.41, 5.74) is 1.82. The maximum Gasteiger partial charge on any atom is 0.146 e. The van der Waals surface area contributed by atoms with Gasteiger partial charge in [0.1, 0.15) is 23.7 Å². The Bertz CT molecular complexity index is 927. The van der Waals surface area contributed by atoms with E-state index in [1.807, 2.05) is 30.3 Å². The molecule has 2 heterocycles. The summed E-state index contributed by atoms with van der Waals surface area (Å²) in [6, 6.07) is 15.6.